The van der Waals surface area contributed by atoms with Crippen LogP contribution < -0.4 is 0 Å². The van der Waals surface area contributed by atoms with Gasteiger partial charge in [-0.25, -0.2) is 9.97 Å². The molecular weight excluding hydrogens is 330 g/mol. The van der Waals surface area contributed by atoms with Crippen molar-refractivity contribution in [1.82, 2.24) is 24.9 Å². The summed E-state index contributed by atoms with van der Waals surface area (Å²) in [5.41, 5.74) is 2.75. The molecule has 2 aliphatic rings. The maximum Gasteiger partial charge on any atom is 0.236 e. The first-order chi connectivity index (χ1) is 12.7. The van der Waals surface area contributed by atoms with Crippen LogP contribution in [-0.4, -0.2) is 63.6 Å². The third kappa shape index (κ3) is 3.62. The molecular formula is C19H25N5O2. The van der Waals surface area contributed by atoms with Crippen LogP contribution in [0.4, 0.5) is 0 Å². The molecule has 1 unspecified atom stereocenters. The highest BCUT2D eigenvalue weighted by Crippen LogP contribution is 2.32. The Morgan fingerprint density at radius 1 is 1.27 bits per heavy atom. The fraction of sp³-hybridized carbons (Fsp3) is 0.579. The van der Waals surface area contributed by atoms with Crippen molar-refractivity contribution in [1.29, 1.82) is 0 Å². The number of carbonyl (C=O) groups is 1. The van der Waals surface area contributed by atoms with Gasteiger partial charge < -0.3 is 9.42 Å². The highest BCUT2D eigenvalue weighted by molar-refractivity contribution is 5.78. The van der Waals surface area contributed by atoms with Gasteiger partial charge in [0.1, 0.15) is 6.33 Å². The lowest BCUT2D eigenvalue weighted by Crippen LogP contribution is -2.43. The van der Waals surface area contributed by atoms with Crippen molar-refractivity contribution in [3.05, 3.63) is 30.0 Å². The number of aromatic nitrogens is 3. The molecule has 2 aromatic rings. The molecule has 7 nitrogen and oxygen atoms in total. The van der Waals surface area contributed by atoms with Crippen molar-refractivity contribution in [2.24, 2.45) is 0 Å². The van der Waals surface area contributed by atoms with Crippen molar-refractivity contribution in [2.45, 2.75) is 38.5 Å². The molecule has 0 bridgehead atoms. The zero-order valence-electron chi connectivity index (χ0n) is 15.2. The van der Waals surface area contributed by atoms with E-state index in [-0.39, 0.29) is 11.8 Å². The zero-order valence-corrected chi connectivity index (χ0v) is 15.2. The molecule has 0 aromatic carbocycles. The summed E-state index contributed by atoms with van der Waals surface area (Å²) in [5.74, 6) is 1.25. The van der Waals surface area contributed by atoms with E-state index in [0.717, 1.165) is 68.8 Å². The molecule has 4 rings (SSSR count). The van der Waals surface area contributed by atoms with Gasteiger partial charge in [-0.05, 0) is 39.2 Å². The first-order valence-electron chi connectivity index (χ1n) is 9.44. The minimum atomic E-state index is 0.261. The van der Waals surface area contributed by atoms with Crippen LogP contribution in [-0.2, 0) is 4.79 Å². The van der Waals surface area contributed by atoms with Gasteiger partial charge in [0, 0.05) is 37.8 Å². The van der Waals surface area contributed by atoms with Crippen LogP contribution in [0.5, 0.6) is 0 Å². The number of rotatable bonds is 4. The lowest BCUT2D eigenvalue weighted by molar-refractivity contribution is -0.131. The molecule has 2 aromatic heterocycles. The molecule has 1 atom stereocenters. The zero-order chi connectivity index (χ0) is 17.9. The standard InChI is InChI=1S/C19H25N5O2/c1-14-9-17(26-22-14)16-10-20-13-21-19(16)15-5-4-6-23(11-15)12-18(25)24-7-2-3-8-24/h9-10,13,15H,2-8,11-12H2,1H3. The van der Waals surface area contributed by atoms with Gasteiger partial charge in [-0.2, -0.15) is 0 Å². The van der Waals surface area contributed by atoms with E-state index in [1.807, 2.05) is 17.9 Å². The fourth-order valence-electron chi connectivity index (χ4n) is 4.02. The number of carbonyl (C=O) groups excluding carboxylic acids is 1. The van der Waals surface area contributed by atoms with Crippen LogP contribution in [0.3, 0.4) is 0 Å². The summed E-state index contributed by atoms with van der Waals surface area (Å²) in [6.07, 6.45) is 7.79. The van der Waals surface area contributed by atoms with Crippen molar-refractivity contribution < 1.29 is 9.32 Å². The summed E-state index contributed by atoms with van der Waals surface area (Å²) in [5, 5.41) is 3.99. The third-order valence-electron chi connectivity index (χ3n) is 5.35. The van der Waals surface area contributed by atoms with E-state index in [2.05, 4.69) is 20.0 Å². The van der Waals surface area contributed by atoms with Gasteiger partial charge in [0.05, 0.1) is 23.5 Å². The molecule has 4 heterocycles. The van der Waals surface area contributed by atoms with Crippen molar-refractivity contribution in [3.63, 3.8) is 0 Å². The quantitative estimate of drug-likeness (QED) is 0.837. The third-order valence-corrected chi connectivity index (χ3v) is 5.35. The van der Waals surface area contributed by atoms with Crippen LogP contribution >= 0.6 is 0 Å². The van der Waals surface area contributed by atoms with Crippen molar-refractivity contribution in [2.75, 3.05) is 32.7 Å². The number of likely N-dealkylation sites (tertiary alicyclic amines) is 2. The van der Waals surface area contributed by atoms with E-state index in [0.29, 0.717) is 12.3 Å². The summed E-state index contributed by atoms with van der Waals surface area (Å²) in [6, 6.07) is 1.92. The minimum Gasteiger partial charge on any atom is -0.356 e. The summed E-state index contributed by atoms with van der Waals surface area (Å²) in [6.45, 7) is 6.06. The van der Waals surface area contributed by atoms with Gasteiger partial charge >= 0.3 is 0 Å². The van der Waals surface area contributed by atoms with Crippen molar-refractivity contribution in [3.8, 4) is 11.3 Å². The van der Waals surface area contributed by atoms with Crippen molar-refractivity contribution >= 4 is 5.91 Å². The highest BCUT2D eigenvalue weighted by Gasteiger charge is 2.28. The fourth-order valence-corrected chi connectivity index (χ4v) is 4.02. The molecule has 138 valence electrons. The molecule has 0 aliphatic carbocycles. The Kier molecular flexibility index (Phi) is 4.97. The van der Waals surface area contributed by atoms with E-state index in [1.54, 1.807) is 12.5 Å². The lowest BCUT2D eigenvalue weighted by Gasteiger charge is -2.33. The van der Waals surface area contributed by atoms with Gasteiger partial charge in [-0.15, -0.1) is 0 Å². The number of amides is 1. The average Bonchev–Trinajstić information content (AvgIpc) is 3.34. The Morgan fingerprint density at radius 3 is 2.88 bits per heavy atom. The summed E-state index contributed by atoms with van der Waals surface area (Å²) >= 11 is 0. The molecule has 7 heteroatoms. The number of hydrogen-bond acceptors (Lipinski definition) is 6. The predicted molar refractivity (Wildman–Crippen MR) is 96.5 cm³/mol. The molecule has 2 fully saturated rings. The van der Waals surface area contributed by atoms with E-state index in [1.165, 1.54) is 0 Å². The number of aryl methyl sites for hydroxylation is 1. The van der Waals surface area contributed by atoms with Gasteiger partial charge in [0.25, 0.3) is 0 Å². The van der Waals surface area contributed by atoms with Crippen LogP contribution in [0.1, 0.15) is 43.0 Å². The maximum atomic E-state index is 12.5. The molecule has 0 spiro atoms. The first kappa shape index (κ1) is 17.1. The van der Waals surface area contributed by atoms with Crippen LogP contribution in [0.25, 0.3) is 11.3 Å². The normalized spacial score (nSPS) is 21.3. The molecule has 0 radical (unpaired) electrons. The van der Waals surface area contributed by atoms with Crippen LogP contribution in [0, 0.1) is 6.92 Å². The Morgan fingerprint density at radius 2 is 2.12 bits per heavy atom. The number of piperidine rings is 1. The second-order valence-electron chi connectivity index (χ2n) is 7.32. The minimum absolute atomic E-state index is 0.261. The first-order valence-corrected chi connectivity index (χ1v) is 9.44. The topological polar surface area (TPSA) is 75.4 Å². The van der Waals surface area contributed by atoms with Crippen LogP contribution in [0.15, 0.2) is 23.1 Å². The second kappa shape index (κ2) is 7.53. The van der Waals surface area contributed by atoms with Gasteiger partial charge in [0.15, 0.2) is 5.76 Å². The Labute approximate surface area is 153 Å². The number of nitrogens with zero attached hydrogens (tertiary/aromatic N) is 5. The second-order valence-corrected chi connectivity index (χ2v) is 7.32. The highest BCUT2D eigenvalue weighted by atomic mass is 16.5. The maximum absolute atomic E-state index is 12.5. The summed E-state index contributed by atoms with van der Waals surface area (Å²) in [4.78, 5) is 25.5. The Hall–Kier alpha value is -2.28. The average molecular weight is 355 g/mol. The molecule has 2 aliphatic heterocycles. The van der Waals surface area contributed by atoms with Crippen LogP contribution in [0.2, 0.25) is 0 Å². The summed E-state index contributed by atoms with van der Waals surface area (Å²) in [7, 11) is 0. The van der Waals surface area contributed by atoms with E-state index in [9.17, 15) is 4.79 Å². The SMILES string of the molecule is Cc1cc(-c2cncnc2C2CCCN(CC(=O)N3CCCC3)C2)on1. The van der Waals surface area contributed by atoms with E-state index < -0.39 is 0 Å². The van der Waals surface area contributed by atoms with Gasteiger partial charge in [-0.3, -0.25) is 9.69 Å². The van der Waals surface area contributed by atoms with Gasteiger partial charge in [-0.1, -0.05) is 5.16 Å². The molecule has 0 saturated carbocycles. The summed E-state index contributed by atoms with van der Waals surface area (Å²) < 4.78 is 5.44. The molecule has 0 N–H and O–H groups in total. The van der Waals surface area contributed by atoms with Gasteiger partial charge in [0.2, 0.25) is 5.91 Å². The Bertz CT molecular complexity index is 769. The molecule has 2 saturated heterocycles. The van der Waals surface area contributed by atoms with E-state index in [4.69, 9.17) is 4.52 Å². The Balaban J connectivity index is 1.49. The lowest BCUT2D eigenvalue weighted by atomic mass is 9.91. The largest absolute Gasteiger partial charge is 0.356 e. The smallest absolute Gasteiger partial charge is 0.236 e. The molecule has 1 amide bonds. The van der Waals surface area contributed by atoms with E-state index >= 15 is 0 Å². The monoisotopic (exact) mass is 355 g/mol. The number of hydrogen-bond donors (Lipinski definition) is 0. The predicted octanol–water partition coefficient (Wildman–Crippen LogP) is 2.24. The molecule has 26 heavy (non-hydrogen) atoms.